The Morgan fingerprint density at radius 3 is 2.21 bits per heavy atom. The standard InChI is InChI=1S/C25H27N3O5S/c1-18-10-13-21(14-11-18)28(34(30,31)22-8-6-5-7-9-22)17-25(29)27-26-19(2)20-12-15-23(32-3)24(16-20)33-4/h5-16H,17H2,1-4H3,(H,27,29)/b26-19+. The number of nitrogens with one attached hydrogen (secondary N) is 1. The number of aryl methyl sites for hydroxylation is 1. The SMILES string of the molecule is COc1ccc(/C(C)=N/NC(=O)CN(c2ccc(C)cc2)S(=O)(=O)c2ccccc2)cc1OC. The second kappa shape index (κ2) is 10.8. The molecule has 0 aliphatic rings. The van der Waals surface area contributed by atoms with Crippen LogP contribution in [0, 0.1) is 6.92 Å². The van der Waals surface area contributed by atoms with Crippen molar-refractivity contribution in [1.82, 2.24) is 5.43 Å². The maximum Gasteiger partial charge on any atom is 0.264 e. The molecule has 0 fully saturated rings. The summed E-state index contributed by atoms with van der Waals surface area (Å²) in [6.45, 7) is 3.18. The van der Waals surface area contributed by atoms with E-state index < -0.39 is 22.5 Å². The number of hydrogen-bond donors (Lipinski definition) is 1. The number of amides is 1. The van der Waals surface area contributed by atoms with Crippen LogP contribution in [0.4, 0.5) is 5.69 Å². The minimum atomic E-state index is -3.98. The summed E-state index contributed by atoms with van der Waals surface area (Å²) in [7, 11) is -0.902. The van der Waals surface area contributed by atoms with Crippen molar-refractivity contribution in [2.75, 3.05) is 25.1 Å². The zero-order chi connectivity index (χ0) is 24.7. The lowest BCUT2D eigenvalue weighted by atomic mass is 10.1. The molecule has 0 aliphatic heterocycles. The number of hydrazone groups is 1. The van der Waals surface area contributed by atoms with Gasteiger partial charge in [0.2, 0.25) is 0 Å². The molecule has 0 bridgehead atoms. The number of methoxy groups -OCH3 is 2. The third-order valence-electron chi connectivity index (χ3n) is 5.09. The topological polar surface area (TPSA) is 97.3 Å². The van der Waals surface area contributed by atoms with Crippen LogP contribution in [0.1, 0.15) is 18.1 Å². The first-order chi connectivity index (χ1) is 16.3. The number of rotatable bonds is 9. The summed E-state index contributed by atoms with van der Waals surface area (Å²) in [6, 6.07) is 20.2. The molecule has 9 heteroatoms. The number of carbonyl (C=O) groups excluding carboxylic acids is 1. The van der Waals surface area contributed by atoms with Crippen molar-refractivity contribution in [2.45, 2.75) is 18.7 Å². The van der Waals surface area contributed by atoms with Crippen LogP contribution in [0.5, 0.6) is 11.5 Å². The van der Waals surface area contributed by atoms with Crippen LogP contribution in [0.15, 0.2) is 82.8 Å². The van der Waals surface area contributed by atoms with E-state index in [2.05, 4.69) is 10.5 Å². The molecule has 34 heavy (non-hydrogen) atoms. The Labute approximate surface area is 199 Å². The second-order valence-corrected chi connectivity index (χ2v) is 9.32. The van der Waals surface area contributed by atoms with Gasteiger partial charge in [-0.2, -0.15) is 5.10 Å². The number of anilines is 1. The molecule has 0 radical (unpaired) electrons. The molecule has 3 rings (SSSR count). The molecule has 0 atom stereocenters. The van der Waals surface area contributed by atoms with Crippen molar-refractivity contribution in [3.63, 3.8) is 0 Å². The second-order valence-electron chi connectivity index (χ2n) is 7.46. The van der Waals surface area contributed by atoms with Crippen molar-refractivity contribution in [3.8, 4) is 11.5 Å². The van der Waals surface area contributed by atoms with E-state index in [0.717, 1.165) is 9.87 Å². The quantitative estimate of drug-likeness (QED) is 0.371. The minimum Gasteiger partial charge on any atom is -0.493 e. The Hall–Kier alpha value is -3.85. The van der Waals surface area contributed by atoms with E-state index in [1.807, 2.05) is 6.92 Å². The van der Waals surface area contributed by atoms with Gasteiger partial charge in [0.1, 0.15) is 6.54 Å². The Kier molecular flexibility index (Phi) is 7.91. The van der Waals surface area contributed by atoms with Crippen LogP contribution >= 0.6 is 0 Å². The Balaban J connectivity index is 1.84. The average molecular weight is 482 g/mol. The molecule has 0 saturated carbocycles. The van der Waals surface area contributed by atoms with Crippen LogP contribution in [-0.4, -0.2) is 40.8 Å². The third-order valence-corrected chi connectivity index (χ3v) is 6.88. The molecule has 1 amide bonds. The molecule has 0 aromatic heterocycles. The lowest BCUT2D eigenvalue weighted by Gasteiger charge is -2.24. The summed E-state index contributed by atoms with van der Waals surface area (Å²) in [5.41, 5.74) is 5.03. The van der Waals surface area contributed by atoms with Crippen LogP contribution in [-0.2, 0) is 14.8 Å². The number of nitrogens with zero attached hydrogens (tertiary/aromatic N) is 2. The summed E-state index contributed by atoms with van der Waals surface area (Å²) in [6.07, 6.45) is 0. The molecular formula is C25H27N3O5S. The highest BCUT2D eigenvalue weighted by atomic mass is 32.2. The van der Waals surface area contributed by atoms with Gasteiger partial charge in [-0.1, -0.05) is 35.9 Å². The van der Waals surface area contributed by atoms with E-state index in [9.17, 15) is 13.2 Å². The fraction of sp³-hybridized carbons (Fsp3) is 0.200. The number of sulfonamides is 1. The fourth-order valence-corrected chi connectivity index (χ4v) is 4.63. The lowest BCUT2D eigenvalue weighted by molar-refractivity contribution is -0.119. The van der Waals surface area contributed by atoms with E-state index in [1.54, 1.807) is 74.7 Å². The van der Waals surface area contributed by atoms with Crippen LogP contribution in [0.25, 0.3) is 0 Å². The predicted octanol–water partition coefficient (Wildman–Crippen LogP) is 3.75. The van der Waals surface area contributed by atoms with Crippen molar-refractivity contribution in [3.05, 3.63) is 83.9 Å². The predicted molar refractivity (Wildman–Crippen MR) is 132 cm³/mol. The molecule has 0 heterocycles. The summed E-state index contributed by atoms with van der Waals surface area (Å²) in [5.74, 6) is 0.517. The van der Waals surface area contributed by atoms with Gasteiger partial charge in [-0.15, -0.1) is 0 Å². The maximum atomic E-state index is 13.3. The van der Waals surface area contributed by atoms with Gasteiger partial charge in [0.15, 0.2) is 11.5 Å². The van der Waals surface area contributed by atoms with Crippen LogP contribution in [0.3, 0.4) is 0 Å². The summed E-state index contributed by atoms with van der Waals surface area (Å²) in [4.78, 5) is 12.9. The van der Waals surface area contributed by atoms with Gasteiger partial charge in [0.25, 0.3) is 15.9 Å². The Bertz CT molecular complexity index is 1270. The van der Waals surface area contributed by atoms with E-state index in [4.69, 9.17) is 9.47 Å². The normalized spacial score (nSPS) is 11.6. The highest BCUT2D eigenvalue weighted by molar-refractivity contribution is 7.92. The van der Waals surface area contributed by atoms with Gasteiger partial charge >= 0.3 is 0 Å². The minimum absolute atomic E-state index is 0.0911. The Morgan fingerprint density at radius 1 is 0.941 bits per heavy atom. The van der Waals surface area contributed by atoms with Crippen molar-refractivity contribution < 1.29 is 22.7 Å². The maximum absolute atomic E-state index is 13.3. The Morgan fingerprint density at radius 2 is 1.59 bits per heavy atom. The summed E-state index contributed by atoms with van der Waals surface area (Å²) < 4.78 is 38.3. The van der Waals surface area contributed by atoms with Gasteiger partial charge in [0, 0.05) is 5.56 Å². The van der Waals surface area contributed by atoms with Crippen molar-refractivity contribution in [1.29, 1.82) is 0 Å². The van der Waals surface area contributed by atoms with Gasteiger partial charge < -0.3 is 9.47 Å². The fourth-order valence-electron chi connectivity index (χ4n) is 3.18. The van der Waals surface area contributed by atoms with E-state index in [1.165, 1.54) is 19.2 Å². The first-order valence-corrected chi connectivity index (χ1v) is 11.9. The smallest absolute Gasteiger partial charge is 0.264 e. The molecular weight excluding hydrogens is 454 g/mol. The van der Waals surface area contributed by atoms with Crippen LogP contribution < -0.4 is 19.2 Å². The van der Waals surface area contributed by atoms with E-state index >= 15 is 0 Å². The first-order valence-electron chi connectivity index (χ1n) is 10.5. The third kappa shape index (κ3) is 5.74. The first kappa shape index (κ1) is 24.8. The summed E-state index contributed by atoms with van der Waals surface area (Å²) >= 11 is 0. The average Bonchev–Trinajstić information content (AvgIpc) is 2.86. The molecule has 8 nitrogen and oxygen atoms in total. The largest absolute Gasteiger partial charge is 0.493 e. The van der Waals surface area contributed by atoms with Crippen LogP contribution in [0.2, 0.25) is 0 Å². The zero-order valence-electron chi connectivity index (χ0n) is 19.5. The summed E-state index contributed by atoms with van der Waals surface area (Å²) in [5, 5.41) is 4.14. The molecule has 3 aromatic carbocycles. The van der Waals surface area contributed by atoms with Gasteiger partial charge in [0.05, 0.1) is 30.5 Å². The van der Waals surface area contributed by atoms with Crippen molar-refractivity contribution in [2.24, 2.45) is 5.10 Å². The molecule has 0 saturated heterocycles. The molecule has 0 spiro atoms. The lowest BCUT2D eigenvalue weighted by Crippen LogP contribution is -2.39. The number of ether oxygens (including phenoxy) is 2. The number of benzene rings is 3. The highest BCUT2D eigenvalue weighted by Crippen LogP contribution is 2.28. The van der Waals surface area contributed by atoms with Gasteiger partial charge in [-0.25, -0.2) is 13.8 Å². The molecule has 0 aliphatic carbocycles. The molecule has 0 unspecified atom stereocenters. The van der Waals surface area contributed by atoms with E-state index in [0.29, 0.717) is 28.5 Å². The van der Waals surface area contributed by atoms with Gasteiger partial charge in [-0.05, 0) is 56.3 Å². The van der Waals surface area contributed by atoms with E-state index in [-0.39, 0.29) is 4.90 Å². The molecule has 178 valence electrons. The highest BCUT2D eigenvalue weighted by Gasteiger charge is 2.27. The number of carbonyl (C=O) groups is 1. The monoisotopic (exact) mass is 481 g/mol. The zero-order valence-corrected chi connectivity index (χ0v) is 20.3. The molecule has 1 N–H and O–H groups in total. The van der Waals surface area contributed by atoms with Crippen molar-refractivity contribution >= 4 is 27.3 Å². The molecule has 3 aromatic rings. The number of hydrogen-bond acceptors (Lipinski definition) is 6. The van der Waals surface area contributed by atoms with Gasteiger partial charge in [-0.3, -0.25) is 9.10 Å².